The highest BCUT2D eigenvalue weighted by molar-refractivity contribution is 7.89. The molecule has 0 radical (unpaired) electrons. The number of benzene rings is 2. The number of carbonyl (C=O) groups excluding carboxylic acids is 1. The van der Waals surface area contributed by atoms with Crippen LogP contribution in [-0.4, -0.2) is 31.7 Å². The van der Waals surface area contributed by atoms with E-state index in [0.29, 0.717) is 23.8 Å². The lowest BCUT2D eigenvalue weighted by Gasteiger charge is -2.32. The number of nitrogens with one attached hydrogen (secondary N) is 1. The molecule has 1 aliphatic carbocycles. The number of amides is 1. The molecule has 5 nitrogen and oxygen atoms in total. The standard InChI is InChI=1S/C22H24Cl2N2O3S/c23-18-8-9-19(24)20(14-18)30(28,29)26-12-10-17(11-13-26)22(27)25-21(16-6-7-16)15-4-2-1-3-5-15/h1-5,8-9,14,16-17,21H,6-7,10-13H2,(H,25,27). The number of sulfonamides is 1. The molecule has 0 bridgehead atoms. The van der Waals surface area contributed by atoms with E-state index in [9.17, 15) is 13.2 Å². The monoisotopic (exact) mass is 466 g/mol. The van der Waals surface area contributed by atoms with Gasteiger partial charge in [0.25, 0.3) is 0 Å². The maximum atomic E-state index is 13.0. The van der Waals surface area contributed by atoms with E-state index in [-0.39, 0.29) is 40.9 Å². The SMILES string of the molecule is O=C(NC(c1ccccc1)C1CC1)C1CCN(S(=O)(=O)c2cc(Cl)ccc2Cl)CC1. The van der Waals surface area contributed by atoms with E-state index in [1.807, 2.05) is 30.3 Å². The maximum absolute atomic E-state index is 13.0. The number of rotatable bonds is 6. The van der Waals surface area contributed by atoms with Crippen LogP contribution in [0.2, 0.25) is 10.0 Å². The maximum Gasteiger partial charge on any atom is 0.244 e. The molecule has 2 aromatic carbocycles. The largest absolute Gasteiger partial charge is 0.349 e. The minimum Gasteiger partial charge on any atom is -0.349 e. The first-order valence-corrected chi connectivity index (χ1v) is 12.4. The summed E-state index contributed by atoms with van der Waals surface area (Å²) >= 11 is 12.1. The highest BCUT2D eigenvalue weighted by Crippen LogP contribution is 2.41. The number of piperidine rings is 1. The highest BCUT2D eigenvalue weighted by Gasteiger charge is 2.37. The van der Waals surface area contributed by atoms with Crippen LogP contribution in [0, 0.1) is 11.8 Å². The van der Waals surface area contributed by atoms with E-state index in [1.165, 1.54) is 16.4 Å². The van der Waals surface area contributed by atoms with Crippen molar-refractivity contribution in [2.45, 2.75) is 36.6 Å². The fraction of sp³-hybridized carbons (Fsp3) is 0.409. The minimum absolute atomic E-state index is 0.00795. The predicted molar refractivity (Wildman–Crippen MR) is 118 cm³/mol. The lowest BCUT2D eigenvalue weighted by molar-refractivity contribution is -0.127. The van der Waals surface area contributed by atoms with Crippen LogP contribution in [0.25, 0.3) is 0 Å². The number of hydrogen-bond donors (Lipinski definition) is 1. The molecular weight excluding hydrogens is 443 g/mol. The van der Waals surface area contributed by atoms with E-state index >= 15 is 0 Å². The van der Waals surface area contributed by atoms with E-state index in [2.05, 4.69) is 5.32 Å². The smallest absolute Gasteiger partial charge is 0.244 e. The molecule has 1 heterocycles. The first kappa shape index (κ1) is 21.6. The summed E-state index contributed by atoms with van der Waals surface area (Å²) in [4.78, 5) is 12.9. The topological polar surface area (TPSA) is 66.5 Å². The van der Waals surface area contributed by atoms with Crippen molar-refractivity contribution in [1.29, 1.82) is 0 Å². The van der Waals surface area contributed by atoms with Crippen molar-refractivity contribution in [1.82, 2.24) is 9.62 Å². The third-order valence-corrected chi connectivity index (χ3v) is 8.50. The second-order valence-corrected chi connectivity index (χ2v) is 10.7. The Morgan fingerprint density at radius 1 is 1.00 bits per heavy atom. The van der Waals surface area contributed by atoms with Gasteiger partial charge >= 0.3 is 0 Å². The van der Waals surface area contributed by atoms with Crippen molar-refractivity contribution >= 4 is 39.1 Å². The summed E-state index contributed by atoms with van der Waals surface area (Å²) < 4.78 is 27.4. The molecule has 30 heavy (non-hydrogen) atoms. The Hall–Kier alpha value is -1.60. The highest BCUT2D eigenvalue weighted by atomic mass is 35.5. The third kappa shape index (κ3) is 4.67. The van der Waals surface area contributed by atoms with Gasteiger partial charge in [0.1, 0.15) is 4.90 Å². The summed E-state index contributed by atoms with van der Waals surface area (Å²) in [6, 6.07) is 14.5. The summed E-state index contributed by atoms with van der Waals surface area (Å²) in [6.45, 7) is 0.561. The van der Waals surface area contributed by atoms with Gasteiger partial charge in [-0.15, -0.1) is 0 Å². The fourth-order valence-corrected chi connectivity index (χ4v) is 6.21. The van der Waals surface area contributed by atoms with E-state index < -0.39 is 10.0 Å². The summed E-state index contributed by atoms with van der Waals surface area (Å²) in [5.74, 6) is 0.298. The third-order valence-electron chi connectivity index (χ3n) is 5.89. The Morgan fingerprint density at radius 3 is 2.30 bits per heavy atom. The Labute approximate surface area is 187 Å². The van der Waals surface area contributed by atoms with Gasteiger partial charge in [-0.1, -0.05) is 53.5 Å². The molecule has 0 aromatic heterocycles. The molecule has 1 unspecified atom stereocenters. The van der Waals surface area contributed by atoms with Crippen molar-refractivity contribution in [2.75, 3.05) is 13.1 Å². The quantitative estimate of drug-likeness (QED) is 0.672. The zero-order valence-corrected chi connectivity index (χ0v) is 18.8. The fourth-order valence-electron chi connectivity index (χ4n) is 4.01. The molecule has 2 fully saturated rings. The van der Waals surface area contributed by atoms with Gasteiger partial charge in [-0.25, -0.2) is 8.42 Å². The van der Waals surface area contributed by atoms with Crippen molar-refractivity contribution < 1.29 is 13.2 Å². The van der Waals surface area contributed by atoms with Crippen LogP contribution in [0.1, 0.15) is 37.3 Å². The summed E-state index contributed by atoms with van der Waals surface area (Å²) in [6.07, 6.45) is 3.21. The van der Waals surface area contributed by atoms with Gasteiger partial charge < -0.3 is 5.32 Å². The molecular formula is C22H24Cl2N2O3S. The van der Waals surface area contributed by atoms with Crippen LogP contribution in [0.5, 0.6) is 0 Å². The average molecular weight is 467 g/mol. The number of carbonyl (C=O) groups is 1. The minimum atomic E-state index is -3.75. The molecule has 1 N–H and O–H groups in total. The van der Waals surface area contributed by atoms with E-state index in [1.54, 1.807) is 6.07 Å². The van der Waals surface area contributed by atoms with Crippen molar-refractivity contribution in [3.8, 4) is 0 Å². The van der Waals surface area contributed by atoms with Gasteiger partial charge in [0.05, 0.1) is 11.1 Å². The second kappa shape index (κ2) is 8.87. The van der Waals surface area contributed by atoms with Crippen molar-refractivity contribution in [3.63, 3.8) is 0 Å². The molecule has 2 aliphatic rings. The van der Waals surface area contributed by atoms with Crippen LogP contribution in [0.15, 0.2) is 53.4 Å². The van der Waals surface area contributed by atoms with Crippen molar-refractivity contribution in [2.24, 2.45) is 11.8 Å². The molecule has 1 aliphatic heterocycles. The lowest BCUT2D eigenvalue weighted by atomic mass is 9.95. The van der Waals surface area contributed by atoms with Gasteiger partial charge in [-0.2, -0.15) is 4.31 Å². The number of halogens is 2. The number of nitrogens with zero attached hydrogens (tertiary/aromatic N) is 1. The summed E-state index contributed by atoms with van der Waals surface area (Å²) in [5, 5.41) is 3.69. The van der Waals surface area contributed by atoms with E-state index in [4.69, 9.17) is 23.2 Å². The van der Waals surface area contributed by atoms with Crippen LogP contribution in [-0.2, 0) is 14.8 Å². The molecule has 2 aromatic rings. The van der Waals surface area contributed by atoms with Gasteiger partial charge in [0.2, 0.25) is 15.9 Å². The van der Waals surface area contributed by atoms with Crippen LogP contribution in [0.3, 0.4) is 0 Å². The molecule has 4 rings (SSSR count). The Morgan fingerprint density at radius 2 is 1.67 bits per heavy atom. The average Bonchev–Trinajstić information content (AvgIpc) is 3.59. The number of hydrogen-bond acceptors (Lipinski definition) is 3. The Balaban J connectivity index is 1.40. The molecule has 1 saturated carbocycles. The Bertz CT molecular complexity index is 1020. The van der Waals surface area contributed by atoms with Gasteiger partial charge in [-0.05, 0) is 55.4 Å². The molecule has 0 spiro atoms. The van der Waals surface area contributed by atoms with E-state index in [0.717, 1.165) is 18.4 Å². The normalized spacial score (nSPS) is 19.4. The van der Waals surface area contributed by atoms with Crippen LogP contribution < -0.4 is 5.32 Å². The molecule has 8 heteroatoms. The van der Waals surface area contributed by atoms with Crippen molar-refractivity contribution in [3.05, 3.63) is 64.1 Å². The van der Waals surface area contributed by atoms with Gasteiger partial charge in [-0.3, -0.25) is 4.79 Å². The zero-order chi connectivity index (χ0) is 21.3. The Kier molecular flexibility index (Phi) is 6.39. The van der Waals surface area contributed by atoms with Gasteiger partial charge in [0, 0.05) is 24.0 Å². The second-order valence-electron chi connectivity index (χ2n) is 7.99. The molecule has 1 atom stereocenters. The lowest BCUT2D eigenvalue weighted by Crippen LogP contribution is -2.44. The predicted octanol–water partition coefficient (Wildman–Crippen LogP) is 4.66. The first-order chi connectivity index (χ1) is 14.4. The summed E-state index contributed by atoms with van der Waals surface area (Å²) in [7, 11) is -3.75. The first-order valence-electron chi connectivity index (χ1n) is 10.2. The van der Waals surface area contributed by atoms with Gasteiger partial charge in [0.15, 0.2) is 0 Å². The van der Waals surface area contributed by atoms with Crippen LogP contribution in [0.4, 0.5) is 0 Å². The van der Waals surface area contributed by atoms with Crippen LogP contribution >= 0.6 is 23.2 Å². The molecule has 160 valence electrons. The molecule has 1 amide bonds. The molecule has 1 saturated heterocycles. The zero-order valence-electron chi connectivity index (χ0n) is 16.4. The summed E-state index contributed by atoms with van der Waals surface area (Å²) in [5.41, 5.74) is 1.13.